The van der Waals surface area contributed by atoms with E-state index in [0.717, 1.165) is 34.6 Å². The fourth-order valence-corrected chi connectivity index (χ4v) is 3.02. The SMILES string of the molecule is Cc1ccn2cc(-c3cccc(NC(=O)c4cccc(OC(F)(F)F)c4)c3)nc2c1. The lowest BCUT2D eigenvalue weighted by Gasteiger charge is -2.10. The van der Waals surface area contributed by atoms with Crippen molar-refractivity contribution in [3.05, 3.63) is 84.2 Å². The number of alkyl halides is 3. The van der Waals surface area contributed by atoms with Crippen LogP contribution in [0.4, 0.5) is 18.9 Å². The molecule has 0 unspecified atom stereocenters. The van der Waals surface area contributed by atoms with Crippen molar-refractivity contribution in [1.29, 1.82) is 0 Å². The molecule has 1 amide bonds. The van der Waals surface area contributed by atoms with Gasteiger partial charge < -0.3 is 14.5 Å². The smallest absolute Gasteiger partial charge is 0.406 e. The Kier molecular flexibility index (Phi) is 4.91. The first-order valence-electron chi connectivity index (χ1n) is 9.00. The lowest BCUT2D eigenvalue weighted by molar-refractivity contribution is -0.274. The molecule has 5 nitrogen and oxygen atoms in total. The van der Waals surface area contributed by atoms with Gasteiger partial charge in [0, 0.05) is 29.2 Å². The van der Waals surface area contributed by atoms with Crippen LogP contribution in [0.25, 0.3) is 16.9 Å². The number of carbonyl (C=O) groups is 1. The van der Waals surface area contributed by atoms with E-state index in [2.05, 4.69) is 15.0 Å². The number of amides is 1. The number of halogens is 3. The molecular formula is C22H16F3N3O2. The summed E-state index contributed by atoms with van der Waals surface area (Å²) in [5.74, 6) is -1.01. The zero-order chi connectivity index (χ0) is 21.3. The quantitative estimate of drug-likeness (QED) is 0.485. The average Bonchev–Trinajstić information content (AvgIpc) is 3.10. The highest BCUT2D eigenvalue weighted by Gasteiger charge is 2.31. The highest BCUT2D eigenvalue weighted by Crippen LogP contribution is 2.25. The van der Waals surface area contributed by atoms with Crippen LogP contribution in [0.5, 0.6) is 5.75 Å². The van der Waals surface area contributed by atoms with Crippen LogP contribution in [0.2, 0.25) is 0 Å². The Balaban J connectivity index is 1.55. The van der Waals surface area contributed by atoms with Crippen molar-refractivity contribution in [2.45, 2.75) is 13.3 Å². The Morgan fingerprint density at radius 1 is 1.07 bits per heavy atom. The zero-order valence-corrected chi connectivity index (χ0v) is 15.8. The van der Waals surface area contributed by atoms with Gasteiger partial charge in [-0.2, -0.15) is 0 Å². The summed E-state index contributed by atoms with van der Waals surface area (Å²) in [5, 5.41) is 2.69. The number of anilines is 1. The van der Waals surface area contributed by atoms with Crippen molar-refractivity contribution in [3.63, 3.8) is 0 Å². The normalized spacial score (nSPS) is 11.5. The monoisotopic (exact) mass is 411 g/mol. The van der Waals surface area contributed by atoms with Gasteiger partial charge in [-0.3, -0.25) is 4.79 Å². The van der Waals surface area contributed by atoms with Gasteiger partial charge in [-0.25, -0.2) is 4.98 Å². The minimum absolute atomic E-state index is 0.0466. The zero-order valence-electron chi connectivity index (χ0n) is 15.8. The molecule has 0 fully saturated rings. The summed E-state index contributed by atoms with van der Waals surface area (Å²) in [5.41, 5.74) is 3.97. The van der Waals surface area contributed by atoms with Crippen molar-refractivity contribution >= 4 is 17.2 Å². The number of aryl methyl sites for hydroxylation is 1. The molecule has 0 atom stereocenters. The molecule has 0 bridgehead atoms. The number of hydrogen-bond donors (Lipinski definition) is 1. The molecule has 152 valence electrons. The third-order valence-corrected chi connectivity index (χ3v) is 4.36. The Bertz CT molecular complexity index is 1230. The topological polar surface area (TPSA) is 55.6 Å². The second kappa shape index (κ2) is 7.55. The van der Waals surface area contributed by atoms with Crippen molar-refractivity contribution in [3.8, 4) is 17.0 Å². The highest BCUT2D eigenvalue weighted by molar-refractivity contribution is 6.04. The molecule has 0 aliphatic carbocycles. The van der Waals surface area contributed by atoms with E-state index in [9.17, 15) is 18.0 Å². The van der Waals surface area contributed by atoms with Crippen LogP contribution in [-0.2, 0) is 0 Å². The fourth-order valence-electron chi connectivity index (χ4n) is 3.02. The minimum Gasteiger partial charge on any atom is -0.406 e. The van der Waals surface area contributed by atoms with Crippen LogP contribution in [0.3, 0.4) is 0 Å². The molecule has 0 spiro atoms. The highest BCUT2D eigenvalue weighted by atomic mass is 19.4. The number of nitrogens with one attached hydrogen (secondary N) is 1. The van der Waals surface area contributed by atoms with Crippen molar-refractivity contribution in [2.75, 3.05) is 5.32 Å². The second-order valence-electron chi connectivity index (χ2n) is 6.71. The molecule has 4 aromatic rings. The summed E-state index contributed by atoms with van der Waals surface area (Å²) >= 11 is 0. The third-order valence-electron chi connectivity index (χ3n) is 4.36. The molecule has 4 rings (SSSR count). The summed E-state index contributed by atoms with van der Waals surface area (Å²) < 4.78 is 43.0. The molecule has 0 aliphatic rings. The van der Waals surface area contributed by atoms with Gasteiger partial charge >= 0.3 is 6.36 Å². The number of nitrogens with zero attached hydrogens (tertiary/aromatic N) is 2. The van der Waals surface area contributed by atoms with Crippen LogP contribution < -0.4 is 10.1 Å². The summed E-state index contributed by atoms with van der Waals surface area (Å²) in [6.45, 7) is 1.99. The van der Waals surface area contributed by atoms with E-state index in [-0.39, 0.29) is 5.56 Å². The van der Waals surface area contributed by atoms with Crippen molar-refractivity contribution < 1.29 is 22.7 Å². The van der Waals surface area contributed by atoms with Gasteiger partial charge in [-0.15, -0.1) is 13.2 Å². The summed E-state index contributed by atoms with van der Waals surface area (Å²) in [4.78, 5) is 17.1. The predicted octanol–water partition coefficient (Wildman–Crippen LogP) is 5.46. The summed E-state index contributed by atoms with van der Waals surface area (Å²) in [6, 6.07) is 15.9. The Morgan fingerprint density at radius 3 is 2.67 bits per heavy atom. The average molecular weight is 411 g/mol. The number of pyridine rings is 1. The molecule has 1 N–H and O–H groups in total. The molecular weight excluding hydrogens is 395 g/mol. The fraction of sp³-hybridized carbons (Fsp3) is 0.0909. The third kappa shape index (κ3) is 4.43. The van der Waals surface area contributed by atoms with Gasteiger partial charge in [0.05, 0.1) is 5.69 Å². The Morgan fingerprint density at radius 2 is 1.87 bits per heavy atom. The van der Waals surface area contributed by atoms with Gasteiger partial charge in [0.2, 0.25) is 0 Å². The number of rotatable bonds is 4. The van der Waals surface area contributed by atoms with Gasteiger partial charge in [-0.05, 0) is 55.0 Å². The van der Waals surface area contributed by atoms with Crippen molar-refractivity contribution in [2.24, 2.45) is 0 Å². The van der Waals surface area contributed by atoms with Crippen LogP contribution in [0.1, 0.15) is 15.9 Å². The number of benzene rings is 2. The molecule has 0 saturated heterocycles. The van der Waals surface area contributed by atoms with Crippen LogP contribution in [-0.4, -0.2) is 21.7 Å². The van der Waals surface area contributed by atoms with Crippen molar-refractivity contribution in [1.82, 2.24) is 9.38 Å². The molecule has 0 radical (unpaired) electrons. The summed E-state index contributed by atoms with van der Waals surface area (Å²) in [6.07, 6.45) is -1.02. The maximum absolute atomic E-state index is 12.5. The molecule has 8 heteroatoms. The molecule has 30 heavy (non-hydrogen) atoms. The van der Waals surface area contributed by atoms with E-state index < -0.39 is 18.0 Å². The molecule has 2 aromatic heterocycles. The minimum atomic E-state index is -4.82. The van der Waals surface area contributed by atoms with Gasteiger partial charge in [0.15, 0.2) is 0 Å². The number of imidazole rings is 1. The van der Waals surface area contributed by atoms with Crippen LogP contribution in [0, 0.1) is 6.92 Å². The summed E-state index contributed by atoms with van der Waals surface area (Å²) in [7, 11) is 0. The number of ether oxygens (including phenoxy) is 1. The Labute approximate surface area is 169 Å². The number of hydrogen-bond acceptors (Lipinski definition) is 3. The van der Waals surface area contributed by atoms with Gasteiger partial charge in [-0.1, -0.05) is 18.2 Å². The Hall–Kier alpha value is -3.81. The first-order chi connectivity index (χ1) is 14.3. The van der Waals surface area contributed by atoms with E-state index in [1.807, 2.05) is 41.9 Å². The predicted molar refractivity (Wildman–Crippen MR) is 106 cm³/mol. The molecule has 2 aromatic carbocycles. The lowest BCUT2D eigenvalue weighted by atomic mass is 10.1. The molecule has 2 heterocycles. The lowest BCUT2D eigenvalue weighted by Crippen LogP contribution is -2.18. The first-order valence-corrected chi connectivity index (χ1v) is 9.00. The first kappa shape index (κ1) is 19.5. The van der Waals surface area contributed by atoms with E-state index >= 15 is 0 Å². The van der Waals surface area contributed by atoms with E-state index in [0.29, 0.717) is 5.69 Å². The molecule has 0 saturated carbocycles. The van der Waals surface area contributed by atoms with E-state index in [1.165, 1.54) is 12.1 Å². The van der Waals surface area contributed by atoms with Gasteiger partial charge in [0.25, 0.3) is 5.91 Å². The number of carbonyl (C=O) groups excluding carboxylic acids is 1. The van der Waals surface area contributed by atoms with E-state index in [4.69, 9.17) is 0 Å². The second-order valence-corrected chi connectivity index (χ2v) is 6.71. The largest absolute Gasteiger partial charge is 0.573 e. The number of fused-ring (bicyclic) bond motifs is 1. The maximum Gasteiger partial charge on any atom is 0.573 e. The maximum atomic E-state index is 12.5. The van der Waals surface area contributed by atoms with E-state index in [1.54, 1.807) is 18.2 Å². The standard InChI is InChI=1S/C22H16F3N3O2/c1-14-8-9-28-13-19(27-20(28)10-14)15-4-2-6-17(11-15)26-21(29)16-5-3-7-18(12-16)30-22(23,24)25/h2-13H,1H3,(H,26,29). The van der Waals surface area contributed by atoms with Crippen LogP contribution in [0.15, 0.2) is 73.1 Å². The van der Waals surface area contributed by atoms with Gasteiger partial charge in [0.1, 0.15) is 11.4 Å². The number of aromatic nitrogens is 2. The molecule has 0 aliphatic heterocycles. The van der Waals surface area contributed by atoms with Crippen LogP contribution >= 0.6 is 0 Å².